The lowest BCUT2D eigenvalue weighted by Gasteiger charge is -2.19. The number of nitrogens with one attached hydrogen (secondary N) is 1. The molecular formula is C10H16N2O5S. The molecule has 7 nitrogen and oxygen atoms in total. The zero-order chi connectivity index (χ0) is 13.8. The molecule has 1 heterocycles. The minimum atomic E-state index is -3.19. The maximum absolute atomic E-state index is 11.6. The second-order valence-corrected chi connectivity index (χ2v) is 6.06. The third kappa shape index (κ3) is 4.74. The van der Waals surface area contributed by atoms with E-state index in [1.165, 1.54) is 18.0 Å². The van der Waals surface area contributed by atoms with E-state index in [1.807, 2.05) is 0 Å². The summed E-state index contributed by atoms with van der Waals surface area (Å²) in [5.41, 5.74) is 0. The predicted octanol–water partition coefficient (Wildman–Crippen LogP) is -0.197. The van der Waals surface area contributed by atoms with Crippen LogP contribution in [0.5, 0.6) is 0 Å². The van der Waals surface area contributed by atoms with Gasteiger partial charge in [-0.1, -0.05) is 0 Å². The van der Waals surface area contributed by atoms with Crippen LogP contribution in [0.1, 0.15) is 12.8 Å². The first-order valence-corrected chi connectivity index (χ1v) is 7.16. The van der Waals surface area contributed by atoms with Crippen molar-refractivity contribution in [3.63, 3.8) is 0 Å². The van der Waals surface area contributed by atoms with Gasteiger partial charge in [0.25, 0.3) is 0 Å². The first-order chi connectivity index (χ1) is 8.30. The predicted molar refractivity (Wildman–Crippen MR) is 64.7 cm³/mol. The fraction of sp³-hybridized carbons (Fsp3) is 0.600. The third-order valence-electron chi connectivity index (χ3n) is 2.47. The number of carboxylic acid groups (broad SMARTS) is 1. The van der Waals surface area contributed by atoms with Crippen molar-refractivity contribution in [3.05, 3.63) is 11.5 Å². The van der Waals surface area contributed by atoms with Crippen LogP contribution in [0.2, 0.25) is 0 Å². The van der Waals surface area contributed by atoms with Gasteiger partial charge in [0.2, 0.25) is 0 Å². The molecule has 0 spiro atoms. The molecular weight excluding hydrogens is 260 g/mol. The van der Waals surface area contributed by atoms with Gasteiger partial charge in [0.05, 0.1) is 11.8 Å². The standard InChI is InChI=1S/C10H16N2O5S/c1-12(5-2-3-9(13)14)10(15)11-8-4-6-18(16,17)7-8/h4,6,8H,2-3,5,7H2,1H3,(H,11,15)(H,13,14). The summed E-state index contributed by atoms with van der Waals surface area (Å²) in [7, 11) is -1.65. The Hall–Kier alpha value is -1.57. The summed E-state index contributed by atoms with van der Waals surface area (Å²) in [6, 6.07) is -0.920. The SMILES string of the molecule is CN(CCCC(=O)O)C(=O)NC1C=CS(=O)(=O)C1. The number of hydrogen-bond acceptors (Lipinski definition) is 4. The molecule has 0 saturated heterocycles. The molecule has 1 atom stereocenters. The average Bonchev–Trinajstić information content (AvgIpc) is 2.57. The molecule has 0 aromatic rings. The van der Waals surface area contributed by atoms with Crippen molar-refractivity contribution in [1.82, 2.24) is 10.2 Å². The van der Waals surface area contributed by atoms with Gasteiger partial charge in [-0.25, -0.2) is 13.2 Å². The largest absolute Gasteiger partial charge is 0.481 e. The molecule has 0 radical (unpaired) electrons. The summed E-state index contributed by atoms with van der Waals surface area (Å²) in [4.78, 5) is 23.3. The van der Waals surface area contributed by atoms with Gasteiger partial charge in [-0.05, 0) is 12.5 Å². The summed E-state index contributed by atoms with van der Waals surface area (Å²) in [5.74, 6) is -1.03. The summed E-state index contributed by atoms with van der Waals surface area (Å²) in [6.07, 6.45) is 1.78. The van der Waals surface area contributed by atoms with E-state index in [0.717, 1.165) is 5.41 Å². The minimum Gasteiger partial charge on any atom is -0.481 e. The number of urea groups is 1. The lowest BCUT2D eigenvalue weighted by molar-refractivity contribution is -0.137. The molecule has 18 heavy (non-hydrogen) atoms. The van der Waals surface area contributed by atoms with E-state index in [4.69, 9.17) is 5.11 Å². The van der Waals surface area contributed by atoms with Crippen LogP contribution in [0.4, 0.5) is 4.79 Å². The number of sulfone groups is 1. The number of carbonyl (C=O) groups is 2. The van der Waals surface area contributed by atoms with Crippen LogP contribution in [0.25, 0.3) is 0 Å². The number of nitrogens with zero attached hydrogens (tertiary/aromatic N) is 1. The summed E-state index contributed by atoms with van der Waals surface area (Å²) in [5, 5.41) is 12.1. The van der Waals surface area contributed by atoms with Gasteiger partial charge < -0.3 is 15.3 Å². The number of amides is 2. The van der Waals surface area contributed by atoms with Crippen molar-refractivity contribution >= 4 is 21.8 Å². The van der Waals surface area contributed by atoms with Crippen LogP contribution in [0.15, 0.2) is 11.5 Å². The van der Waals surface area contributed by atoms with E-state index >= 15 is 0 Å². The monoisotopic (exact) mass is 276 g/mol. The Morgan fingerprint density at radius 1 is 1.50 bits per heavy atom. The topological polar surface area (TPSA) is 104 Å². The molecule has 0 aliphatic carbocycles. The van der Waals surface area contributed by atoms with Gasteiger partial charge >= 0.3 is 12.0 Å². The molecule has 1 aliphatic rings. The summed E-state index contributed by atoms with van der Waals surface area (Å²) >= 11 is 0. The first-order valence-electron chi connectivity index (χ1n) is 5.44. The van der Waals surface area contributed by atoms with Crippen LogP contribution >= 0.6 is 0 Å². The molecule has 0 aromatic carbocycles. The maximum atomic E-state index is 11.6. The molecule has 1 unspecified atom stereocenters. The van der Waals surface area contributed by atoms with E-state index in [0.29, 0.717) is 13.0 Å². The van der Waals surface area contributed by atoms with Gasteiger partial charge in [0.1, 0.15) is 0 Å². The molecule has 2 N–H and O–H groups in total. The van der Waals surface area contributed by atoms with E-state index in [-0.39, 0.29) is 12.2 Å². The number of carbonyl (C=O) groups excluding carboxylic acids is 1. The Morgan fingerprint density at radius 3 is 2.67 bits per heavy atom. The average molecular weight is 276 g/mol. The molecule has 0 aromatic heterocycles. The molecule has 0 bridgehead atoms. The third-order valence-corrected chi connectivity index (χ3v) is 3.87. The van der Waals surface area contributed by atoms with Crippen molar-refractivity contribution < 1.29 is 23.1 Å². The van der Waals surface area contributed by atoms with Crippen molar-refractivity contribution in [2.24, 2.45) is 0 Å². The van der Waals surface area contributed by atoms with E-state index in [9.17, 15) is 18.0 Å². The Morgan fingerprint density at radius 2 is 2.17 bits per heavy atom. The fourth-order valence-electron chi connectivity index (χ4n) is 1.50. The number of rotatable bonds is 5. The second-order valence-electron chi connectivity index (χ2n) is 4.13. The highest BCUT2D eigenvalue weighted by Crippen LogP contribution is 2.08. The zero-order valence-corrected chi connectivity index (χ0v) is 10.8. The Bertz CT molecular complexity index is 457. The number of aliphatic carboxylic acids is 1. The normalized spacial score (nSPS) is 20.6. The van der Waals surface area contributed by atoms with Crippen molar-refractivity contribution in [2.45, 2.75) is 18.9 Å². The molecule has 8 heteroatoms. The van der Waals surface area contributed by atoms with Crippen molar-refractivity contribution in [1.29, 1.82) is 0 Å². The van der Waals surface area contributed by atoms with Crippen molar-refractivity contribution in [2.75, 3.05) is 19.3 Å². The lowest BCUT2D eigenvalue weighted by atomic mass is 10.3. The second kappa shape index (κ2) is 5.85. The van der Waals surface area contributed by atoms with Crippen LogP contribution in [-0.2, 0) is 14.6 Å². The highest BCUT2D eigenvalue weighted by atomic mass is 32.2. The van der Waals surface area contributed by atoms with Gasteiger partial charge in [0.15, 0.2) is 9.84 Å². The summed E-state index contributed by atoms with van der Waals surface area (Å²) < 4.78 is 22.2. The Balaban J connectivity index is 2.33. The van der Waals surface area contributed by atoms with Gasteiger partial charge in [-0.2, -0.15) is 0 Å². The Kier molecular flexibility index (Phi) is 4.71. The van der Waals surface area contributed by atoms with Crippen molar-refractivity contribution in [3.8, 4) is 0 Å². The lowest BCUT2D eigenvalue weighted by Crippen LogP contribution is -2.43. The fourth-order valence-corrected chi connectivity index (χ4v) is 2.74. The highest BCUT2D eigenvalue weighted by Gasteiger charge is 2.23. The first kappa shape index (κ1) is 14.5. The molecule has 1 rings (SSSR count). The minimum absolute atomic E-state index is 0.00463. The quantitative estimate of drug-likeness (QED) is 0.724. The van der Waals surface area contributed by atoms with Crippen LogP contribution < -0.4 is 5.32 Å². The Labute approximate surface area is 105 Å². The van der Waals surface area contributed by atoms with Gasteiger partial charge in [-0.15, -0.1) is 0 Å². The molecule has 102 valence electrons. The summed E-state index contributed by atoms with van der Waals surface area (Å²) in [6.45, 7) is 0.307. The van der Waals surface area contributed by atoms with E-state index in [1.54, 1.807) is 0 Å². The van der Waals surface area contributed by atoms with E-state index < -0.39 is 27.9 Å². The highest BCUT2D eigenvalue weighted by molar-refractivity contribution is 7.94. The van der Waals surface area contributed by atoms with E-state index in [2.05, 4.69) is 5.32 Å². The molecule has 0 saturated carbocycles. The van der Waals surface area contributed by atoms with Gasteiger partial charge in [-0.3, -0.25) is 4.79 Å². The molecule has 1 aliphatic heterocycles. The molecule has 2 amide bonds. The van der Waals surface area contributed by atoms with Gasteiger partial charge in [0, 0.05) is 25.4 Å². The van der Waals surface area contributed by atoms with Crippen LogP contribution in [-0.4, -0.2) is 55.8 Å². The number of carboxylic acids is 1. The van der Waals surface area contributed by atoms with Crippen LogP contribution in [0, 0.1) is 0 Å². The smallest absolute Gasteiger partial charge is 0.317 e. The maximum Gasteiger partial charge on any atom is 0.317 e. The van der Waals surface area contributed by atoms with Crippen LogP contribution in [0.3, 0.4) is 0 Å². The number of hydrogen-bond donors (Lipinski definition) is 2. The molecule has 0 fully saturated rings. The zero-order valence-electron chi connectivity index (χ0n) is 10.00.